The Bertz CT molecular complexity index is 534. The molecule has 1 unspecified atom stereocenters. The predicted octanol–water partition coefficient (Wildman–Crippen LogP) is 0.978. The number of hydrogen-bond acceptors (Lipinski definition) is 6. The molecule has 0 radical (unpaired) electrons. The molecule has 1 saturated heterocycles. The van der Waals surface area contributed by atoms with E-state index in [4.69, 9.17) is 9.84 Å². The molecule has 0 amide bonds. The Balaban J connectivity index is 2.16. The number of aromatic nitrogens is 1. The maximum atomic E-state index is 10.9. The van der Waals surface area contributed by atoms with Gasteiger partial charge in [-0.3, -0.25) is 14.9 Å². The summed E-state index contributed by atoms with van der Waals surface area (Å²) in [5.41, 5.74) is 0.505. The van der Waals surface area contributed by atoms with Crippen LogP contribution in [-0.2, 0) is 9.53 Å². The summed E-state index contributed by atoms with van der Waals surface area (Å²) >= 11 is 0. The van der Waals surface area contributed by atoms with Gasteiger partial charge in [-0.2, -0.15) is 0 Å². The number of pyridine rings is 1. The van der Waals surface area contributed by atoms with E-state index in [1.165, 1.54) is 12.3 Å². The van der Waals surface area contributed by atoms with Gasteiger partial charge < -0.3 is 14.7 Å². The van der Waals surface area contributed by atoms with E-state index in [1.807, 2.05) is 4.90 Å². The Kier molecular flexibility index (Phi) is 4.14. The van der Waals surface area contributed by atoms with Crippen molar-refractivity contribution in [3.05, 3.63) is 27.9 Å². The fraction of sp³-hybridized carbons (Fsp3) is 0.500. The molecule has 0 aromatic carbocycles. The highest BCUT2D eigenvalue weighted by Gasteiger charge is 2.25. The first-order valence-electron chi connectivity index (χ1n) is 6.16. The van der Waals surface area contributed by atoms with Gasteiger partial charge in [0.15, 0.2) is 0 Å². The molecule has 1 aliphatic rings. The van der Waals surface area contributed by atoms with Crippen molar-refractivity contribution in [2.45, 2.75) is 19.4 Å². The minimum Gasteiger partial charge on any atom is -0.481 e. The molecule has 0 bridgehead atoms. The van der Waals surface area contributed by atoms with Crippen LogP contribution in [0.3, 0.4) is 0 Å². The number of aryl methyl sites for hydroxylation is 1. The van der Waals surface area contributed by atoms with Crippen molar-refractivity contribution in [3.63, 3.8) is 0 Å². The molecular formula is C12H15N3O5. The van der Waals surface area contributed by atoms with E-state index in [9.17, 15) is 14.9 Å². The average molecular weight is 281 g/mol. The summed E-state index contributed by atoms with van der Waals surface area (Å²) in [6.45, 7) is 2.89. The van der Waals surface area contributed by atoms with E-state index < -0.39 is 17.0 Å². The number of rotatable bonds is 4. The van der Waals surface area contributed by atoms with Crippen molar-refractivity contribution in [3.8, 4) is 0 Å². The molecule has 1 aromatic heterocycles. The van der Waals surface area contributed by atoms with Crippen LogP contribution in [0.4, 0.5) is 11.5 Å². The van der Waals surface area contributed by atoms with E-state index in [-0.39, 0.29) is 12.1 Å². The number of anilines is 1. The second-order valence-corrected chi connectivity index (χ2v) is 4.62. The lowest BCUT2D eigenvalue weighted by atomic mass is 10.2. The van der Waals surface area contributed by atoms with Gasteiger partial charge in [0.2, 0.25) is 0 Å². The van der Waals surface area contributed by atoms with Crippen LogP contribution in [-0.4, -0.2) is 46.8 Å². The minimum atomic E-state index is -0.931. The summed E-state index contributed by atoms with van der Waals surface area (Å²) < 4.78 is 5.36. The van der Waals surface area contributed by atoms with Gasteiger partial charge in [-0.25, -0.2) is 4.98 Å². The molecule has 0 saturated carbocycles. The quantitative estimate of drug-likeness (QED) is 0.647. The fourth-order valence-electron chi connectivity index (χ4n) is 2.12. The van der Waals surface area contributed by atoms with Crippen molar-refractivity contribution >= 4 is 17.5 Å². The summed E-state index contributed by atoms with van der Waals surface area (Å²) in [4.78, 5) is 27.2. The molecule has 0 spiro atoms. The van der Waals surface area contributed by atoms with Crippen molar-refractivity contribution in [1.29, 1.82) is 0 Å². The van der Waals surface area contributed by atoms with E-state index in [0.717, 1.165) is 0 Å². The SMILES string of the molecule is Cc1cnc(N2CCOC(CC(=O)O)C2)cc1[N+](=O)[O-]. The molecule has 1 atom stereocenters. The Morgan fingerprint density at radius 2 is 2.45 bits per heavy atom. The lowest BCUT2D eigenvalue weighted by molar-refractivity contribution is -0.385. The number of carbonyl (C=O) groups is 1. The van der Waals surface area contributed by atoms with Crippen molar-refractivity contribution in [1.82, 2.24) is 4.98 Å². The highest BCUT2D eigenvalue weighted by molar-refractivity contribution is 5.67. The number of ether oxygens (including phenoxy) is 1. The van der Waals surface area contributed by atoms with Crippen LogP contribution in [0.15, 0.2) is 12.3 Å². The predicted molar refractivity (Wildman–Crippen MR) is 69.8 cm³/mol. The molecular weight excluding hydrogens is 266 g/mol. The molecule has 0 aliphatic carbocycles. The maximum absolute atomic E-state index is 10.9. The molecule has 1 aliphatic heterocycles. The molecule has 8 nitrogen and oxygen atoms in total. The molecule has 2 heterocycles. The van der Waals surface area contributed by atoms with Gasteiger partial charge in [0.1, 0.15) is 5.82 Å². The normalized spacial score (nSPS) is 18.9. The van der Waals surface area contributed by atoms with Crippen LogP contribution in [0, 0.1) is 17.0 Å². The zero-order valence-electron chi connectivity index (χ0n) is 11.0. The topological polar surface area (TPSA) is 106 Å². The monoisotopic (exact) mass is 281 g/mol. The zero-order chi connectivity index (χ0) is 14.7. The summed E-state index contributed by atoms with van der Waals surface area (Å²) in [6.07, 6.45) is 0.933. The molecule has 2 rings (SSSR count). The van der Waals surface area contributed by atoms with Gasteiger partial charge in [0.25, 0.3) is 5.69 Å². The second kappa shape index (κ2) is 5.83. The molecule has 1 aromatic rings. The largest absolute Gasteiger partial charge is 0.481 e. The van der Waals surface area contributed by atoms with Crippen molar-refractivity contribution in [2.24, 2.45) is 0 Å². The van der Waals surface area contributed by atoms with Crippen LogP contribution in [0.1, 0.15) is 12.0 Å². The standard InChI is InChI=1S/C12H15N3O5/c1-8-6-13-11(5-10(8)15(18)19)14-2-3-20-9(7-14)4-12(16)17/h5-6,9H,2-4,7H2,1H3,(H,16,17). The molecule has 108 valence electrons. The fourth-order valence-corrected chi connectivity index (χ4v) is 2.12. The lowest BCUT2D eigenvalue weighted by Crippen LogP contribution is -2.43. The Labute approximate surface area is 115 Å². The Morgan fingerprint density at radius 1 is 1.70 bits per heavy atom. The summed E-state index contributed by atoms with van der Waals surface area (Å²) in [7, 11) is 0. The number of aliphatic carboxylic acids is 1. The number of nitrogens with zero attached hydrogens (tertiary/aromatic N) is 3. The number of hydrogen-bond donors (Lipinski definition) is 1. The molecule has 1 N–H and O–H groups in total. The van der Waals surface area contributed by atoms with Crippen LogP contribution >= 0.6 is 0 Å². The third-order valence-corrected chi connectivity index (χ3v) is 3.12. The van der Waals surface area contributed by atoms with Crippen molar-refractivity contribution in [2.75, 3.05) is 24.6 Å². The highest BCUT2D eigenvalue weighted by atomic mass is 16.6. The van der Waals surface area contributed by atoms with Gasteiger partial charge in [-0.1, -0.05) is 0 Å². The number of carboxylic acids is 1. The maximum Gasteiger partial charge on any atom is 0.306 e. The Morgan fingerprint density at radius 3 is 3.10 bits per heavy atom. The van der Waals surface area contributed by atoms with E-state index in [0.29, 0.717) is 31.1 Å². The second-order valence-electron chi connectivity index (χ2n) is 4.62. The zero-order valence-corrected chi connectivity index (χ0v) is 11.0. The smallest absolute Gasteiger partial charge is 0.306 e. The number of nitro groups is 1. The van der Waals surface area contributed by atoms with E-state index in [1.54, 1.807) is 6.92 Å². The van der Waals surface area contributed by atoms with Gasteiger partial charge in [-0.15, -0.1) is 0 Å². The van der Waals surface area contributed by atoms with Crippen LogP contribution in [0.2, 0.25) is 0 Å². The summed E-state index contributed by atoms with van der Waals surface area (Å²) in [5, 5.41) is 19.7. The van der Waals surface area contributed by atoms with E-state index in [2.05, 4.69) is 4.98 Å². The first-order valence-corrected chi connectivity index (χ1v) is 6.16. The lowest BCUT2D eigenvalue weighted by Gasteiger charge is -2.33. The van der Waals surface area contributed by atoms with Gasteiger partial charge in [0.05, 0.1) is 30.1 Å². The third-order valence-electron chi connectivity index (χ3n) is 3.12. The molecule has 1 fully saturated rings. The Hall–Kier alpha value is -2.22. The molecule has 8 heteroatoms. The number of morpholine rings is 1. The number of carboxylic acid groups (broad SMARTS) is 1. The highest BCUT2D eigenvalue weighted by Crippen LogP contribution is 2.24. The van der Waals surface area contributed by atoms with Gasteiger partial charge in [0, 0.05) is 24.8 Å². The first kappa shape index (κ1) is 14.2. The summed E-state index contributed by atoms with van der Waals surface area (Å²) in [5.74, 6) is -0.458. The first-order chi connectivity index (χ1) is 9.47. The third kappa shape index (κ3) is 3.21. The van der Waals surface area contributed by atoms with Crippen LogP contribution < -0.4 is 4.90 Å². The minimum absolute atomic E-state index is 0.0104. The van der Waals surface area contributed by atoms with Gasteiger partial charge >= 0.3 is 5.97 Å². The van der Waals surface area contributed by atoms with Gasteiger partial charge in [-0.05, 0) is 6.92 Å². The molecule has 20 heavy (non-hydrogen) atoms. The van der Waals surface area contributed by atoms with Crippen molar-refractivity contribution < 1.29 is 19.6 Å². The average Bonchev–Trinajstić information content (AvgIpc) is 2.38. The van der Waals surface area contributed by atoms with Crippen LogP contribution in [0.25, 0.3) is 0 Å². The van der Waals surface area contributed by atoms with Crippen LogP contribution in [0.5, 0.6) is 0 Å². The summed E-state index contributed by atoms with van der Waals surface area (Å²) in [6, 6.07) is 1.42. The van der Waals surface area contributed by atoms with E-state index >= 15 is 0 Å².